The number of methoxy groups -OCH3 is 1. The van der Waals surface area contributed by atoms with E-state index in [4.69, 9.17) is 18.9 Å². The van der Waals surface area contributed by atoms with Crippen LogP contribution in [0.4, 0.5) is 16.2 Å². The second kappa shape index (κ2) is 15.0. The van der Waals surface area contributed by atoms with Crippen LogP contribution >= 0.6 is 0 Å². The van der Waals surface area contributed by atoms with Gasteiger partial charge in [0, 0.05) is 24.3 Å². The van der Waals surface area contributed by atoms with Gasteiger partial charge in [0.15, 0.2) is 5.75 Å². The van der Waals surface area contributed by atoms with E-state index in [1.165, 1.54) is 18.2 Å². The molecule has 3 rings (SSSR count). The van der Waals surface area contributed by atoms with E-state index in [0.717, 1.165) is 5.56 Å². The van der Waals surface area contributed by atoms with Crippen molar-refractivity contribution < 1.29 is 33.5 Å². The molecule has 41 heavy (non-hydrogen) atoms. The summed E-state index contributed by atoms with van der Waals surface area (Å²) in [7, 11) is 1.57. The van der Waals surface area contributed by atoms with E-state index in [0.29, 0.717) is 29.4 Å². The number of ether oxygens (including phenoxy) is 4. The van der Waals surface area contributed by atoms with Crippen molar-refractivity contribution in [1.29, 1.82) is 0 Å². The van der Waals surface area contributed by atoms with Gasteiger partial charge in [-0.3, -0.25) is 14.9 Å². The average molecular weight is 567 g/mol. The molecule has 0 saturated carbocycles. The molecule has 0 aromatic heterocycles. The molecule has 0 saturated heterocycles. The van der Waals surface area contributed by atoms with Crippen LogP contribution in [0.2, 0.25) is 0 Å². The lowest BCUT2D eigenvalue weighted by atomic mass is 10.1. The van der Waals surface area contributed by atoms with Crippen molar-refractivity contribution in [2.24, 2.45) is 0 Å². The maximum absolute atomic E-state index is 13.1. The molecule has 0 aliphatic heterocycles. The molecule has 3 aromatic carbocycles. The number of nitrogens with one attached hydrogen (secondary N) is 3. The topological polar surface area (TPSA) is 150 Å². The fourth-order valence-corrected chi connectivity index (χ4v) is 3.91. The molecule has 12 nitrogen and oxygen atoms in total. The Kier molecular flexibility index (Phi) is 11.1. The Morgan fingerprint density at radius 1 is 0.829 bits per heavy atom. The van der Waals surface area contributed by atoms with Crippen LogP contribution < -0.4 is 34.9 Å². The maximum atomic E-state index is 13.1. The molecule has 12 heteroatoms. The molecule has 0 aliphatic carbocycles. The van der Waals surface area contributed by atoms with Crippen molar-refractivity contribution in [3.63, 3.8) is 0 Å². The summed E-state index contributed by atoms with van der Waals surface area (Å²) in [5.74, 6) is 1.02. The Balaban J connectivity index is 1.73. The number of hydrogen-bond donors (Lipinski definition) is 3. The number of urea groups is 1. The summed E-state index contributed by atoms with van der Waals surface area (Å²) in [5.41, 5.74) is 1.74. The molecule has 3 amide bonds. The third kappa shape index (κ3) is 8.49. The van der Waals surface area contributed by atoms with E-state index >= 15 is 0 Å². The van der Waals surface area contributed by atoms with Crippen LogP contribution in [-0.4, -0.2) is 43.8 Å². The number of hydrogen-bond acceptors (Lipinski definition) is 8. The van der Waals surface area contributed by atoms with E-state index in [1.807, 2.05) is 31.2 Å². The first kappa shape index (κ1) is 30.5. The van der Waals surface area contributed by atoms with Crippen molar-refractivity contribution in [3.05, 3.63) is 81.4 Å². The van der Waals surface area contributed by atoms with E-state index in [2.05, 4.69) is 16.0 Å². The molecular formula is C29H34N4O8. The number of nitro benzene ring substituents is 1. The highest BCUT2D eigenvalue weighted by molar-refractivity contribution is 5.99. The van der Waals surface area contributed by atoms with Gasteiger partial charge in [-0.1, -0.05) is 12.1 Å². The van der Waals surface area contributed by atoms with Crippen LogP contribution in [0.1, 0.15) is 42.3 Å². The van der Waals surface area contributed by atoms with Gasteiger partial charge in [0.1, 0.15) is 17.2 Å². The van der Waals surface area contributed by atoms with E-state index in [1.54, 1.807) is 33.1 Å². The van der Waals surface area contributed by atoms with Crippen molar-refractivity contribution in [3.8, 4) is 23.0 Å². The normalized spacial score (nSPS) is 10.3. The quantitative estimate of drug-likeness (QED) is 0.181. The van der Waals surface area contributed by atoms with Gasteiger partial charge >= 0.3 is 11.7 Å². The van der Waals surface area contributed by atoms with Gasteiger partial charge in [0.25, 0.3) is 5.91 Å². The monoisotopic (exact) mass is 566 g/mol. The lowest BCUT2D eigenvalue weighted by Crippen LogP contribution is -2.29. The number of benzene rings is 3. The minimum atomic E-state index is -0.560. The molecule has 0 spiro atoms. The van der Waals surface area contributed by atoms with Gasteiger partial charge in [-0.15, -0.1) is 0 Å². The SMILES string of the molecule is CCOc1cc([N+](=O)[O-])c(OCC)cc1CNC(=O)Nc1ccc(OCC)c(C(=O)NCc2cccc(OC)c2)c1. The predicted octanol–water partition coefficient (Wildman–Crippen LogP) is 5.05. The van der Waals surface area contributed by atoms with E-state index in [-0.39, 0.29) is 55.0 Å². The molecule has 0 bridgehead atoms. The number of nitro groups is 1. The zero-order valence-corrected chi connectivity index (χ0v) is 23.4. The van der Waals surface area contributed by atoms with Crippen molar-refractivity contribution in [1.82, 2.24) is 10.6 Å². The first-order chi connectivity index (χ1) is 19.8. The number of carbonyl (C=O) groups is 2. The minimum absolute atomic E-state index is 0.00411. The summed E-state index contributed by atoms with van der Waals surface area (Å²) in [5, 5.41) is 19.7. The van der Waals surface area contributed by atoms with Crippen LogP contribution in [0.3, 0.4) is 0 Å². The largest absolute Gasteiger partial charge is 0.497 e. The highest BCUT2D eigenvalue weighted by atomic mass is 16.6. The minimum Gasteiger partial charge on any atom is -0.497 e. The third-order valence-electron chi connectivity index (χ3n) is 5.75. The standard InChI is InChI=1S/C29H34N4O8/c1-5-39-25-12-11-21(15-23(25)28(34)30-17-19-9-8-10-22(13-19)38-4)32-29(35)31-18-20-14-27(41-7-3)24(33(36)37)16-26(20)40-6-2/h8-16H,5-7,17-18H2,1-4H3,(H,30,34)(H2,31,32,35). The fourth-order valence-electron chi connectivity index (χ4n) is 3.91. The van der Waals surface area contributed by atoms with Crippen molar-refractivity contribution >= 4 is 23.3 Å². The Bertz CT molecular complexity index is 1380. The number of anilines is 1. The summed E-state index contributed by atoms with van der Waals surface area (Å²) in [4.78, 5) is 36.7. The van der Waals surface area contributed by atoms with Gasteiger partial charge in [0.05, 0.1) is 43.5 Å². The lowest BCUT2D eigenvalue weighted by molar-refractivity contribution is -0.385. The molecule has 0 radical (unpaired) electrons. The van der Waals surface area contributed by atoms with Gasteiger partial charge in [-0.25, -0.2) is 4.79 Å². The Morgan fingerprint density at radius 2 is 1.54 bits per heavy atom. The van der Waals surface area contributed by atoms with Crippen molar-refractivity contribution in [2.75, 3.05) is 32.2 Å². The molecule has 0 heterocycles. The van der Waals surface area contributed by atoms with Gasteiger partial charge in [0.2, 0.25) is 0 Å². The molecular weight excluding hydrogens is 532 g/mol. The van der Waals surface area contributed by atoms with Gasteiger partial charge in [-0.05, 0) is 62.7 Å². The predicted molar refractivity (Wildman–Crippen MR) is 153 cm³/mol. The summed E-state index contributed by atoms with van der Waals surface area (Å²) in [6.07, 6.45) is 0. The van der Waals surface area contributed by atoms with E-state index < -0.39 is 11.0 Å². The highest BCUT2D eigenvalue weighted by Crippen LogP contribution is 2.35. The van der Waals surface area contributed by atoms with Crippen LogP contribution in [0, 0.1) is 10.1 Å². The summed E-state index contributed by atoms with van der Waals surface area (Å²) in [6, 6.07) is 14.3. The van der Waals surface area contributed by atoms with Gasteiger partial charge in [-0.2, -0.15) is 0 Å². The number of amides is 3. The first-order valence-corrected chi connectivity index (χ1v) is 13.1. The molecule has 3 N–H and O–H groups in total. The fraction of sp³-hybridized carbons (Fsp3) is 0.310. The summed E-state index contributed by atoms with van der Waals surface area (Å²) in [6.45, 7) is 6.41. The average Bonchev–Trinajstić information content (AvgIpc) is 2.96. The first-order valence-electron chi connectivity index (χ1n) is 13.1. The van der Waals surface area contributed by atoms with E-state index in [9.17, 15) is 19.7 Å². The molecule has 0 atom stereocenters. The molecule has 0 aliphatic rings. The maximum Gasteiger partial charge on any atom is 0.319 e. The third-order valence-corrected chi connectivity index (χ3v) is 5.75. The van der Waals surface area contributed by atoms with Gasteiger partial charge < -0.3 is 34.9 Å². The molecule has 3 aromatic rings. The number of rotatable bonds is 14. The van der Waals surface area contributed by atoms with Crippen molar-refractivity contribution in [2.45, 2.75) is 33.9 Å². The molecule has 0 fully saturated rings. The second-order valence-corrected chi connectivity index (χ2v) is 8.54. The van der Waals surface area contributed by atoms with Crippen LogP contribution in [-0.2, 0) is 13.1 Å². The van der Waals surface area contributed by atoms with Crippen LogP contribution in [0.25, 0.3) is 0 Å². The number of nitrogens with zero attached hydrogens (tertiary/aromatic N) is 1. The summed E-state index contributed by atoms with van der Waals surface area (Å²) >= 11 is 0. The Labute approximate surface area is 238 Å². The zero-order chi connectivity index (χ0) is 29.8. The smallest absolute Gasteiger partial charge is 0.319 e. The molecule has 0 unspecified atom stereocenters. The van der Waals surface area contributed by atoms with Crippen LogP contribution in [0.5, 0.6) is 23.0 Å². The number of carbonyl (C=O) groups excluding carboxylic acids is 2. The summed E-state index contributed by atoms with van der Waals surface area (Å²) < 4.78 is 21.8. The Hall–Kier alpha value is -5.00. The zero-order valence-electron chi connectivity index (χ0n) is 23.4. The second-order valence-electron chi connectivity index (χ2n) is 8.54. The lowest BCUT2D eigenvalue weighted by Gasteiger charge is -2.15. The Morgan fingerprint density at radius 3 is 2.22 bits per heavy atom. The van der Waals surface area contributed by atoms with Crippen LogP contribution in [0.15, 0.2) is 54.6 Å². The highest BCUT2D eigenvalue weighted by Gasteiger charge is 2.21. The molecule has 218 valence electrons.